The Hall–Kier alpha value is -2.51. The van der Waals surface area contributed by atoms with Gasteiger partial charge in [0.2, 0.25) is 0 Å². The third-order valence-electron chi connectivity index (χ3n) is 6.20. The highest BCUT2D eigenvalue weighted by Crippen LogP contribution is 2.34. The van der Waals surface area contributed by atoms with Gasteiger partial charge in [0.15, 0.2) is 11.5 Å². The summed E-state index contributed by atoms with van der Waals surface area (Å²) in [6.07, 6.45) is 6.04. The summed E-state index contributed by atoms with van der Waals surface area (Å²) in [7, 11) is 2.15. The lowest BCUT2D eigenvalue weighted by Crippen LogP contribution is -2.45. The molecule has 3 aromatic heterocycles. The second-order valence-electron chi connectivity index (χ2n) is 8.11. The van der Waals surface area contributed by atoms with Crippen LogP contribution < -0.4 is 4.90 Å². The van der Waals surface area contributed by atoms with Gasteiger partial charge in [0.05, 0.1) is 17.4 Å². The van der Waals surface area contributed by atoms with Gasteiger partial charge in [-0.25, -0.2) is 9.37 Å². The zero-order chi connectivity index (χ0) is 19.8. The van der Waals surface area contributed by atoms with E-state index in [4.69, 9.17) is 4.98 Å². The molecule has 6 nitrogen and oxygen atoms in total. The van der Waals surface area contributed by atoms with E-state index in [9.17, 15) is 4.39 Å². The van der Waals surface area contributed by atoms with Crippen molar-refractivity contribution >= 4 is 11.5 Å². The number of likely N-dealkylation sites (N-methyl/N-ethyl adjacent to an activating group) is 1. The Morgan fingerprint density at radius 3 is 2.72 bits per heavy atom. The maximum atomic E-state index is 14.5. The molecule has 1 atom stereocenters. The molecule has 2 aliphatic heterocycles. The van der Waals surface area contributed by atoms with Gasteiger partial charge in [0.25, 0.3) is 0 Å². The molecule has 0 radical (unpaired) electrons. The molecule has 1 unspecified atom stereocenters. The van der Waals surface area contributed by atoms with E-state index in [0.717, 1.165) is 62.8 Å². The van der Waals surface area contributed by atoms with Crippen molar-refractivity contribution in [2.75, 3.05) is 44.7 Å². The highest BCUT2D eigenvalue weighted by Gasteiger charge is 2.30. The maximum absolute atomic E-state index is 14.5. The first-order valence-electron chi connectivity index (χ1n) is 10.4. The Morgan fingerprint density at radius 2 is 1.93 bits per heavy atom. The van der Waals surface area contributed by atoms with Gasteiger partial charge in [0.1, 0.15) is 5.82 Å². The highest BCUT2D eigenvalue weighted by molar-refractivity contribution is 5.58. The van der Waals surface area contributed by atoms with Gasteiger partial charge in [0, 0.05) is 45.1 Å². The van der Waals surface area contributed by atoms with Crippen LogP contribution in [0.2, 0.25) is 0 Å². The van der Waals surface area contributed by atoms with Crippen molar-refractivity contribution in [1.82, 2.24) is 24.2 Å². The average Bonchev–Trinajstić information content (AvgIpc) is 3.35. The molecule has 2 saturated heterocycles. The van der Waals surface area contributed by atoms with E-state index >= 15 is 0 Å². The summed E-state index contributed by atoms with van der Waals surface area (Å²) in [4.78, 5) is 16.5. The topological polar surface area (TPSA) is 39.9 Å². The van der Waals surface area contributed by atoms with E-state index in [2.05, 4.69) is 38.9 Å². The number of rotatable bonds is 4. The van der Waals surface area contributed by atoms with E-state index < -0.39 is 0 Å². The lowest BCUT2D eigenvalue weighted by molar-refractivity contribution is 0.241. The number of nitrogens with zero attached hydrogens (tertiary/aromatic N) is 6. The van der Waals surface area contributed by atoms with Crippen LogP contribution >= 0.6 is 0 Å². The highest BCUT2D eigenvalue weighted by atomic mass is 19.1. The summed E-state index contributed by atoms with van der Waals surface area (Å²) >= 11 is 0. The Morgan fingerprint density at radius 1 is 1.07 bits per heavy atom. The Kier molecular flexibility index (Phi) is 4.93. The van der Waals surface area contributed by atoms with Crippen molar-refractivity contribution in [3.63, 3.8) is 0 Å². The normalized spacial score (nSPS) is 21.3. The summed E-state index contributed by atoms with van der Waals surface area (Å²) in [6, 6.07) is 9.67. The third kappa shape index (κ3) is 3.49. The predicted molar refractivity (Wildman–Crippen MR) is 111 cm³/mol. The minimum Gasteiger partial charge on any atom is -0.354 e. The molecule has 0 bridgehead atoms. The summed E-state index contributed by atoms with van der Waals surface area (Å²) < 4.78 is 16.5. The molecule has 0 aromatic carbocycles. The summed E-state index contributed by atoms with van der Waals surface area (Å²) in [5.41, 5.74) is 2.49. The van der Waals surface area contributed by atoms with Crippen LogP contribution in [0.15, 0.2) is 42.7 Å². The number of likely N-dealkylation sites (tertiary alicyclic amines) is 1. The second kappa shape index (κ2) is 7.72. The Labute approximate surface area is 170 Å². The smallest absolute Gasteiger partial charge is 0.175 e. The van der Waals surface area contributed by atoms with Crippen LogP contribution in [0, 0.1) is 5.82 Å². The summed E-state index contributed by atoms with van der Waals surface area (Å²) in [5, 5.41) is 0. The fourth-order valence-corrected chi connectivity index (χ4v) is 4.64. The molecule has 0 saturated carbocycles. The van der Waals surface area contributed by atoms with Gasteiger partial charge < -0.3 is 9.80 Å². The number of halogens is 1. The molecule has 0 N–H and O–H groups in total. The zero-order valence-electron chi connectivity index (χ0n) is 16.8. The number of pyridine rings is 2. The fourth-order valence-electron chi connectivity index (χ4n) is 4.64. The lowest BCUT2D eigenvalue weighted by atomic mass is 10.1. The second-order valence-corrected chi connectivity index (χ2v) is 8.11. The zero-order valence-corrected chi connectivity index (χ0v) is 16.8. The lowest BCUT2D eigenvalue weighted by Gasteiger charge is -2.34. The molecule has 2 aliphatic rings. The Balaban J connectivity index is 1.51. The van der Waals surface area contributed by atoms with Crippen molar-refractivity contribution in [1.29, 1.82) is 0 Å². The molecule has 152 valence electrons. The van der Waals surface area contributed by atoms with Crippen LogP contribution in [0.5, 0.6) is 0 Å². The number of fused-ring (bicyclic) bond motifs is 1. The van der Waals surface area contributed by atoms with E-state index in [1.165, 1.54) is 6.07 Å². The van der Waals surface area contributed by atoms with E-state index in [0.29, 0.717) is 18.2 Å². The van der Waals surface area contributed by atoms with Crippen molar-refractivity contribution < 1.29 is 4.39 Å². The largest absolute Gasteiger partial charge is 0.354 e. The van der Waals surface area contributed by atoms with Crippen LogP contribution in [0.4, 0.5) is 10.2 Å². The molecule has 29 heavy (non-hydrogen) atoms. The van der Waals surface area contributed by atoms with Crippen molar-refractivity contribution in [3.8, 4) is 0 Å². The number of imidazole rings is 1. The van der Waals surface area contributed by atoms with Gasteiger partial charge in [-0.15, -0.1) is 0 Å². The monoisotopic (exact) mass is 394 g/mol. The van der Waals surface area contributed by atoms with Gasteiger partial charge in [-0.05, 0) is 50.7 Å². The molecule has 2 fully saturated rings. The molecule has 0 aliphatic carbocycles. The predicted octanol–water partition coefficient (Wildman–Crippen LogP) is 2.96. The van der Waals surface area contributed by atoms with E-state index in [1.807, 2.05) is 22.9 Å². The molecule has 5 rings (SSSR count). The van der Waals surface area contributed by atoms with Crippen LogP contribution in [-0.2, 0) is 6.54 Å². The molecule has 3 aromatic rings. The molecule has 7 heteroatoms. The van der Waals surface area contributed by atoms with Crippen molar-refractivity contribution in [2.45, 2.75) is 25.4 Å². The molecular weight excluding hydrogens is 367 g/mol. The summed E-state index contributed by atoms with van der Waals surface area (Å²) in [6.45, 7) is 5.59. The van der Waals surface area contributed by atoms with Gasteiger partial charge in [-0.2, -0.15) is 0 Å². The molecule has 0 amide bonds. The molecule has 0 spiro atoms. The van der Waals surface area contributed by atoms with Crippen LogP contribution in [0.25, 0.3) is 5.65 Å². The number of hydrogen-bond donors (Lipinski definition) is 0. The first-order valence-corrected chi connectivity index (χ1v) is 10.4. The van der Waals surface area contributed by atoms with Gasteiger partial charge in [-0.3, -0.25) is 14.3 Å². The minimum absolute atomic E-state index is 0.267. The van der Waals surface area contributed by atoms with Crippen LogP contribution in [0.3, 0.4) is 0 Å². The van der Waals surface area contributed by atoms with Crippen molar-refractivity contribution in [3.05, 3.63) is 59.9 Å². The number of hydrogen-bond acceptors (Lipinski definition) is 5. The first kappa shape index (κ1) is 18.5. The average molecular weight is 394 g/mol. The quantitative estimate of drug-likeness (QED) is 0.680. The van der Waals surface area contributed by atoms with Crippen LogP contribution in [0.1, 0.15) is 30.3 Å². The fraction of sp³-hybridized carbons (Fsp3) is 0.455. The van der Waals surface area contributed by atoms with E-state index in [-0.39, 0.29) is 5.82 Å². The first-order chi connectivity index (χ1) is 14.2. The SMILES string of the molecule is CN1CCN(c2c(CN3CCCC3c3ccccn3)nc3c(F)cccn23)CC1. The number of anilines is 1. The summed E-state index contributed by atoms with van der Waals surface area (Å²) in [5.74, 6) is 0.774. The van der Waals surface area contributed by atoms with Crippen molar-refractivity contribution in [2.24, 2.45) is 0 Å². The van der Waals surface area contributed by atoms with Gasteiger partial charge >= 0.3 is 0 Å². The van der Waals surface area contributed by atoms with Gasteiger partial charge in [-0.1, -0.05) is 6.07 Å². The molecular formula is C22H27FN6. The number of aromatic nitrogens is 3. The maximum Gasteiger partial charge on any atom is 0.175 e. The third-order valence-corrected chi connectivity index (χ3v) is 6.20. The Bertz CT molecular complexity index is 980. The molecule has 5 heterocycles. The van der Waals surface area contributed by atoms with Crippen LogP contribution in [-0.4, -0.2) is 63.9 Å². The number of piperazine rings is 1. The van der Waals surface area contributed by atoms with E-state index in [1.54, 1.807) is 6.07 Å². The standard InChI is InChI=1S/C22H27FN6/c1-26-12-14-27(15-13-26)22-19(25-21-17(23)6-4-11-29(21)22)16-28-10-5-8-20(28)18-7-2-3-9-24-18/h2-4,6-7,9,11,20H,5,8,10,12-16H2,1H3. The minimum atomic E-state index is -0.267.